The molecular weight excluding hydrogens is 552 g/mol. The Kier molecular flexibility index (Phi) is 9.24. The second-order valence-corrected chi connectivity index (χ2v) is 11.0. The van der Waals surface area contributed by atoms with Crippen LogP contribution in [0.25, 0.3) is 0 Å². The lowest BCUT2D eigenvalue weighted by Gasteiger charge is -2.30. The number of ether oxygens (including phenoxy) is 3. The number of rotatable bonds is 9. The van der Waals surface area contributed by atoms with Crippen LogP contribution in [0, 0.1) is 18.8 Å². The quantitative estimate of drug-likeness (QED) is 0.284. The molecule has 228 valence electrons. The zero-order valence-corrected chi connectivity index (χ0v) is 23.5. The van der Waals surface area contributed by atoms with E-state index in [2.05, 4.69) is 9.88 Å². The van der Waals surface area contributed by atoms with Crippen LogP contribution in [0.2, 0.25) is 0 Å². The normalized spacial score (nSPS) is 23.0. The highest BCUT2D eigenvalue weighted by atomic mass is 16.6. The molecule has 5 rings (SSSR count). The lowest BCUT2D eigenvalue weighted by Crippen LogP contribution is -2.42. The van der Waals surface area contributed by atoms with Crippen molar-refractivity contribution >= 4 is 17.9 Å². The maximum atomic E-state index is 11.5. The first-order valence-corrected chi connectivity index (χ1v) is 13.6. The molecule has 1 aromatic heterocycles. The van der Waals surface area contributed by atoms with Crippen LogP contribution in [0.3, 0.4) is 0 Å². The number of pyridine rings is 1. The molecule has 3 aliphatic rings. The summed E-state index contributed by atoms with van der Waals surface area (Å²) in [5, 5.41) is 45.3. The van der Waals surface area contributed by atoms with Crippen LogP contribution in [0.15, 0.2) is 30.5 Å². The number of benzene rings is 1. The van der Waals surface area contributed by atoms with Gasteiger partial charge in [-0.15, -0.1) is 0 Å². The molecular formula is C29H36N2O11. The van der Waals surface area contributed by atoms with Crippen LogP contribution >= 0.6 is 0 Å². The largest absolute Gasteiger partial charge is 0.496 e. The molecule has 1 aromatic carbocycles. The topological polar surface area (TPSA) is 196 Å². The van der Waals surface area contributed by atoms with Crippen molar-refractivity contribution in [3.8, 4) is 17.2 Å². The van der Waals surface area contributed by atoms with Gasteiger partial charge in [-0.1, -0.05) is 6.07 Å². The number of aliphatic carboxylic acids is 3. The second kappa shape index (κ2) is 12.5. The summed E-state index contributed by atoms with van der Waals surface area (Å²) in [5.74, 6) is -1.97. The van der Waals surface area contributed by atoms with E-state index in [9.17, 15) is 19.5 Å². The average Bonchev–Trinajstić information content (AvgIpc) is 3.47. The van der Waals surface area contributed by atoms with E-state index in [-0.39, 0.29) is 5.92 Å². The van der Waals surface area contributed by atoms with E-state index in [4.69, 9.17) is 34.6 Å². The van der Waals surface area contributed by atoms with Crippen LogP contribution < -0.4 is 14.2 Å². The summed E-state index contributed by atoms with van der Waals surface area (Å²) in [6.45, 7) is 5.77. The number of aliphatic hydroxyl groups is 2. The van der Waals surface area contributed by atoms with Crippen molar-refractivity contribution in [2.75, 3.05) is 33.4 Å². The van der Waals surface area contributed by atoms with E-state index in [1.54, 1.807) is 7.11 Å². The summed E-state index contributed by atoms with van der Waals surface area (Å²) >= 11 is 0. The van der Waals surface area contributed by atoms with Crippen molar-refractivity contribution in [1.82, 2.24) is 9.88 Å². The lowest BCUT2D eigenvalue weighted by atomic mass is 9.85. The van der Waals surface area contributed by atoms with Gasteiger partial charge in [0.05, 0.1) is 25.6 Å². The highest BCUT2D eigenvalue weighted by molar-refractivity contribution is 5.88. The molecule has 2 aliphatic heterocycles. The Morgan fingerprint density at radius 2 is 1.71 bits per heavy atom. The Labute approximate surface area is 242 Å². The third-order valence-corrected chi connectivity index (χ3v) is 8.01. The van der Waals surface area contributed by atoms with Crippen molar-refractivity contribution in [2.45, 2.75) is 50.4 Å². The van der Waals surface area contributed by atoms with Gasteiger partial charge in [0.15, 0.2) is 17.1 Å². The number of likely N-dealkylation sites (tertiary alicyclic amines) is 1. The summed E-state index contributed by atoms with van der Waals surface area (Å²) in [7, 11) is 1.69. The molecule has 0 bridgehead atoms. The molecule has 2 fully saturated rings. The van der Waals surface area contributed by atoms with Crippen molar-refractivity contribution in [3.05, 3.63) is 47.3 Å². The van der Waals surface area contributed by atoms with Crippen molar-refractivity contribution in [2.24, 2.45) is 11.8 Å². The molecule has 1 saturated heterocycles. The predicted molar refractivity (Wildman–Crippen MR) is 145 cm³/mol. The zero-order valence-electron chi connectivity index (χ0n) is 23.5. The number of fused-ring (bicyclic) bond motifs is 2. The number of aromatic nitrogens is 1. The van der Waals surface area contributed by atoms with Crippen LogP contribution in [0.5, 0.6) is 17.2 Å². The molecule has 0 amide bonds. The van der Waals surface area contributed by atoms with E-state index in [1.807, 2.05) is 37.4 Å². The SMILES string of the molecule is COc1cc2c(cc1CN1C[C@H]3CC[C@](O)(c4ccc(C)cn4)[C@H]3C1)OCCO2.O=C(O)CC(O)(CC(=O)O)C(=O)O. The number of nitrogens with zero attached hydrogens (tertiary/aromatic N) is 2. The Hall–Kier alpha value is -3.94. The summed E-state index contributed by atoms with van der Waals surface area (Å²) in [5.41, 5.74) is -0.546. The Morgan fingerprint density at radius 3 is 2.26 bits per heavy atom. The van der Waals surface area contributed by atoms with Gasteiger partial charge < -0.3 is 39.7 Å². The van der Waals surface area contributed by atoms with Crippen LogP contribution in [0.1, 0.15) is 42.5 Å². The number of carbonyl (C=O) groups is 3. The van der Waals surface area contributed by atoms with Crippen LogP contribution in [-0.2, 0) is 26.5 Å². The summed E-state index contributed by atoms with van der Waals surface area (Å²) in [6.07, 6.45) is 1.39. The monoisotopic (exact) mass is 588 g/mol. The molecule has 0 unspecified atom stereocenters. The standard InChI is InChI=1S/C23H28N2O4.C6H8O7/c1-15-3-4-22(24-11-15)23(26)6-5-16-12-25(14-18(16)23)13-17-9-20-21(10-19(17)27-2)29-8-7-28-20;7-3(8)1-6(13,5(11)12)2-4(9)10/h3-4,9-11,16,18,26H,5-8,12-14H2,1-2H3;13H,1-2H2,(H,7,8)(H,9,10)(H,11,12)/t16-,18+,23-;/m1./s1. The maximum absolute atomic E-state index is 11.5. The first kappa shape index (κ1) is 31.0. The van der Waals surface area contributed by atoms with Crippen molar-refractivity contribution < 1.29 is 54.1 Å². The number of hydrogen-bond donors (Lipinski definition) is 5. The highest BCUT2D eigenvalue weighted by Gasteiger charge is 2.53. The third-order valence-electron chi connectivity index (χ3n) is 8.01. The highest BCUT2D eigenvalue weighted by Crippen LogP contribution is 2.50. The fourth-order valence-electron chi connectivity index (χ4n) is 5.94. The van der Waals surface area contributed by atoms with Crippen molar-refractivity contribution in [3.63, 3.8) is 0 Å². The molecule has 0 spiro atoms. The molecule has 1 saturated carbocycles. The molecule has 5 N–H and O–H groups in total. The van der Waals surface area contributed by atoms with E-state index < -0.39 is 42.0 Å². The van der Waals surface area contributed by atoms with Gasteiger partial charge in [0.25, 0.3) is 0 Å². The van der Waals surface area contributed by atoms with E-state index in [1.165, 1.54) is 0 Å². The number of carboxylic acids is 3. The summed E-state index contributed by atoms with van der Waals surface area (Å²) in [4.78, 5) is 37.5. The van der Waals surface area contributed by atoms with Gasteiger partial charge in [0.2, 0.25) is 0 Å². The van der Waals surface area contributed by atoms with Gasteiger partial charge >= 0.3 is 17.9 Å². The predicted octanol–water partition coefficient (Wildman–Crippen LogP) is 1.65. The van der Waals surface area contributed by atoms with E-state index in [0.29, 0.717) is 19.1 Å². The summed E-state index contributed by atoms with van der Waals surface area (Å²) < 4.78 is 17.0. The molecule has 1 aliphatic carbocycles. The Morgan fingerprint density at radius 1 is 1.07 bits per heavy atom. The average molecular weight is 589 g/mol. The lowest BCUT2D eigenvalue weighted by molar-refractivity contribution is -0.170. The summed E-state index contributed by atoms with van der Waals surface area (Å²) in [6, 6.07) is 7.99. The van der Waals surface area contributed by atoms with E-state index >= 15 is 0 Å². The second-order valence-electron chi connectivity index (χ2n) is 11.0. The first-order valence-electron chi connectivity index (χ1n) is 13.6. The minimum atomic E-state index is -2.74. The number of aryl methyl sites for hydroxylation is 1. The molecule has 0 radical (unpaired) electrons. The van der Waals surface area contributed by atoms with Crippen LogP contribution in [0.4, 0.5) is 0 Å². The van der Waals surface area contributed by atoms with Gasteiger partial charge in [-0.2, -0.15) is 0 Å². The van der Waals surface area contributed by atoms with Gasteiger partial charge in [-0.05, 0) is 43.4 Å². The Balaban J connectivity index is 0.000000266. The molecule has 3 atom stereocenters. The van der Waals surface area contributed by atoms with E-state index in [0.717, 1.165) is 66.5 Å². The zero-order chi connectivity index (χ0) is 30.7. The number of hydrogen-bond acceptors (Lipinski definition) is 10. The molecule has 13 nitrogen and oxygen atoms in total. The van der Waals surface area contributed by atoms with Gasteiger partial charge in [-0.3, -0.25) is 19.5 Å². The van der Waals surface area contributed by atoms with Gasteiger partial charge in [0, 0.05) is 43.4 Å². The maximum Gasteiger partial charge on any atom is 0.336 e. The molecule has 3 heterocycles. The Bertz CT molecular complexity index is 1300. The molecule has 2 aromatic rings. The van der Waals surface area contributed by atoms with Gasteiger partial charge in [0.1, 0.15) is 24.6 Å². The minimum Gasteiger partial charge on any atom is -0.496 e. The minimum absolute atomic E-state index is 0.209. The third kappa shape index (κ3) is 6.75. The first-order chi connectivity index (χ1) is 19.8. The smallest absolute Gasteiger partial charge is 0.336 e. The molecule has 13 heteroatoms. The van der Waals surface area contributed by atoms with Crippen molar-refractivity contribution in [1.29, 1.82) is 0 Å². The fourth-order valence-corrected chi connectivity index (χ4v) is 5.94. The number of methoxy groups -OCH3 is 1. The van der Waals surface area contributed by atoms with Gasteiger partial charge in [-0.25, -0.2) is 4.79 Å². The number of carboxylic acid groups (broad SMARTS) is 3. The van der Waals surface area contributed by atoms with Crippen LogP contribution in [-0.4, -0.2) is 92.3 Å². The fraction of sp³-hybridized carbons (Fsp3) is 0.517. The molecule has 42 heavy (non-hydrogen) atoms.